The van der Waals surface area contributed by atoms with Gasteiger partial charge in [-0.3, -0.25) is 14.9 Å². The second kappa shape index (κ2) is 6.47. The third kappa shape index (κ3) is 4.00. The monoisotopic (exact) mass is 289 g/mol. The van der Waals surface area contributed by atoms with Crippen LogP contribution in [0.25, 0.3) is 0 Å². The van der Waals surface area contributed by atoms with E-state index in [-0.39, 0.29) is 17.9 Å². The summed E-state index contributed by atoms with van der Waals surface area (Å²) in [6.07, 6.45) is 0. The van der Waals surface area contributed by atoms with Crippen LogP contribution in [0.4, 0.5) is 21.5 Å². The van der Waals surface area contributed by atoms with Gasteiger partial charge in [-0.05, 0) is 18.2 Å². The van der Waals surface area contributed by atoms with Crippen molar-refractivity contribution >= 4 is 23.0 Å². The standard InChI is InChI=1S/C14H12FN3O3/c15-12-6-1-2-7-13(12)16-9-14(19)17-10-4-3-5-11(8-10)18(20)21/h1-8,16H,9H2,(H,17,19). The number of carbonyl (C=O) groups is 1. The number of hydrogen-bond donors (Lipinski definition) is 2. The van der Waals surface area contributed by atoms with E-state index in [2.05, 4.69) is 10.6 Å². The SMILES string of the molecule is O=C(CNc1ccccc1F)Nc1cccc([N+](=O)[O-])c1. The molecule has 0 spiro atoms. The van der Waals surface area contributed by atoms with Gasteiger partial charge in [-0.25, -0.2) is 4.39 Å². The van der Waals surface area contributed by atoms with Crippen LogP contribution in [-0.2, 0) is 4.79 Å². The molecule has 108 valence electrons. The van der Waals surface area contributed by atoms with Gasteiger partial charge in [-0.1, -0.05) is 18.2 Å². The maximum Gasteiger partial charge on any atom is 0.271 e. The molecular formula is C14H12FN3O3. The zero-order valence-electron chi connectivity index (χ0n) is 10.9. The third-order valence-electron chi connectivity index (χ3n) is 2.65. The number of benzene rings is 2. The van der Waals surface area contributed by atoms with Crippen molar-refractivity contribution < 1.29 is 14.1 Å². The van der Waals surface area contributed by atoms with E-state index in [1.165, 1.54) is 36.4 Å². The molecule has 2 aromatic rings. The van der Waals surface area contributed by atoms with E-state index in [9.17, 15) is 19.3 Å². The number of hydrogen-bond acceptors (Lipinski definition) is 4. The van der Waals surface area contributed by atoms with Crippen LogP contribution in [0, 0.1) is 15.9 Å². The first kappa shape index (κ1) is 14.4. The number of anilines is 2. The number of rotatable bonds is 5. The van der Waals surface area contributed by atoms with Crippen molar-refractivity contribution in [3.05, 3.63) is 64.5 Å². The van der Waals surface area contributed by atoms with Gasteiger partial charge < -0.3 is 10.6 Å². The molecule has 0 aliphatic rings. The van der Waals surface area contributed by atoms with Gasteiger partial charge in [0.15, 0.2) is 0 Å². The highest BCUT2D eigenvalue weighted by Gasteiger charge is 2.08. The molecule has 2 N–H and O–H groups in total. The van der Waals surface area contributed by atoms with E-state index < -0.39 is 16.6 Å². The molecule has 21 heavy (non-hydrogen) atoms. The normalized spacial score (nSPS) is 9.95. The van der Waals surface area contributed by atoms with Crippen molar-refractivity contribution in [3.8, 4) is 0 Å². The van der Waals surface area contributed by atoms with Gasteiger partial charge in [-0.2, -0.15) is 0 Å². The Hall–Kier alpha value is -2.96. The Morgan fingerprint density at radius 3 is 2.67 bits per heavy atom. The van der Waals surface area contributed by atoms with E-state index in [0.717, 1.165) is 0 Å². The van der Waals surface area contributed by atoms with Crippen LogP contribution in [0.3, 0.4) is 0 Å². The predicted molar refractivity (Wildman–Crippen MR) is 76.6 cm³/mol. The maximum atomic E-state index is 13.3. The fraction of sp³-hybridized carbons (Fsp3) is 0.0714. The summed E-state index contributed by atoms with van der Waals surface area (Å²) in [5, 5.41) is 15.8. The fourth-order valence-corrected chi connectivity index (χ4v) is 1.68. The summed E-state index contributed by atoms with van der Waals surface area (Å²) in [5.74, 6) is -0.889. The highest BCUT2D eigenvalue weighted by atomic mass is 19.1. The van der Waals surface area contributed by atoms with Crippen molar-refractivity contribution in [1.82, 2.24) is 0 Å². The molecule has 0 atom stereocenters. The first-order valence-corrected chi connectivity index (χ1v) is 6.09. The molecule has 2 aromatic carbocycles. The first-order valence-electron chi connectivity index (χ1n) is 6.09. The minimum Gasteiger partial charge on any atom is -0.374 e. The molecule has 0 saturated carbocycles. The summed E-state index contributed by atoms with van der Waals surface area (Å²) in [6, 6.07) is 11.6. The van der Waals surface area contributed by atoms with Gasteiger partial charge in [0.1, 0.15) is 5.82 Å². The molecule has 0 saturated heterocycles. The lowest BCUT2D eigenvalue weighted by atomic mass is 10.2. The van der Waals surface area contributed by atoms with Crippen molar-refractivity contribution in [1.29, 1.82) is 0 Å². The molecular weight excluding hydrogens is 277 g/mol. The number of non-ortho nitro benzene ring substituents is 1. The zero-order valence-corrected chi connectivity index (χ0v) is 10.9. The molecule has 0 aliphatic carbocycles. The van der Waals surface area contributed by atoms with Crippen molar-refractivity contribution in [3.63, 3.8) is 0 Å². The molecule has 0 radical (unpaired) electrons. The highest BCUT2D eigenvalue weighted by Crippen LogP contribution is 2.17. The molecule has 0 unspecified atom stereocenters. The van der Waals surface area contributed by atoms with Crippen LogP contribution in [0.5, 0.6) is 0 Å². The number of amides is 1. The zero-order chi connectivity index (χ0) is 15.2. The number of nitro benzene ring substituents is 1. The van der Waals surface area contributed by atoms with Crippen LogP contribution in [0.1, 0.15) is 0 Å². The van der Waals surface area contributed by atoms with Crippen LogP contribution < -0.4 is 10.6 Å². The van der Waals surface area contributed by atoms with Crippen LogP contribution in [0.15, 0.2) is 48.5 Å². The number of nitrogens with zero attached hydrogens (tertiary/aromatic N) is 1. The molecule has 0 aliphatic heterocycles. The van der Waals surface area contributed by atoms with E-state index in [1.807, 2.05) is 0 Å². The van der Waals surface area contributed by atoms with Crippen molar-refractivity contribution in [2.45, 2.75) is 0 Å². The Morgan fingerprint density at radius 2 is 1.95 bits per heavy atom. The minimum absolute atomic E-state index is 0.116. The van der Waals surface area contributed by atoms with Gasteiger partial charge >= 0.3 is 0 Å². The van der Waals surface area contributed by atoms with Crippen LogP contribution in [-0.4, -0.2) is 17.4 Å². The van der Waals surface area contributed by atoms with Crippen LogP contribution >= 0.6 is 0 Å². The summed E-state index contributed by atoms with van der Waals surface area (Å²) in [5.41, 5.74) is 0.408. The Bertz CT molecular complexity index is 676. The fourth-order valence-electron chi connectivity index (χ4n) is 1.68. The Kier molecular flexibility index (Phi) is 4.45. The topological polar surface area (TPSA) is 84.3 Å². The molecule has 0 heterocycles. The predicted octanol–water partition coefficient (Wildman–Crippen LogP) is 2.78. The highest BCUT2D eigenvalue weighted by molar-refractivity contribution is 5.94. The lowest BCUT2D eigenvalue weighted by Crippen LogP contribution is -2.22. The largest absolute Gasteiger partial charge is 0.374 e. The average Bonchev–Trinajstić information content (AvgIpc) is 2.46. The summed E-state index contributed by atoms with van der Waals surface area (Å²) in [6.45, 7) is -0.149. The minimum atomic E-state index is -0.548. The number of nitrogens with one attached hydrogen (secondary N) is 2. The molecule has 2 rings (SSSR count). The van der Waals surface area contributed by atoms with Gasteiger partial charge in [-0.15, -0.1) is 0 Å². The third-order valence-corrected chi connectivity index (χ3v) is 2.65. The summed E-state index contributed by atoms with van der Waals surface area (Å²) in [7, 11) is 0. The summed E-state index contributed by atoms with van der Waals surface area (Å²) >= 11 is 0. The summed E-state index contributed by atoms with van der Waals surface area (Å²) in [4.78, 5) is 21.8. The first-order chi connectivity index (χ1) is 10.1. The van der Waals surface area contributed by atoms with Crippen LogP contribution in [0.2, 0.25) is 0 Å². The Labute approximate surface area is 119 Å². The van der Waals surface area contributed by atoms with Gasteiger partial charge in [0, 0.05) is 17.8 Å². The van der Waals surface area contributed by atoms with E-state index in [1.54, 1.807) is 12.1 Å². The maximum absolute atomic E-state index is 13.3. The van der Waals surface area contributed by atoms with Gasteiger partial charge in [0.2, 0.25) is 5.91 Å². The molecule has 0 fully saturated rings. The van der Waals surface area contributed by atoms with E-state index in [0.29, 0.717) is 5.69 Å². The smallest absolute Gasteiger partial charge is 0.271 e. The Morgan fingerprint density at radius 1 is 1.19 bits per heavy atom. The van der Waals surface area contributed by atoms with Gasteiger partial charge in [0.05, 0.1) is 17.2 Å². The number of nitro groups is 1. The lowest BCUT2D eigenvalue weighted by molar-refractivity contribution is -0.384. The quantitative estimate of drug-likeness (QED) is 0.654. The molecule has 1 amide bonds. The number of para-hydroxylation sites is 1. The lowest BCUT2D eigenvalue weighted by Gasteiger charge is -2.08. The number of halogens is 1. The van der Waals surface area contributed by atoms with E-state index in [4.69, 9.17) is 0 Å². The second-order valence-corrected chi connectivity index (χ2v) is 4.19. The van der Waals surface area contributed by atoms with Crippen molar-refractivity contribution in [2.75, 3.05) is 17.2 Å². The van der Waals surface area contributed by atoms with Crippen molar-refractivity contribution in [2.24, 2.45) is 0 Å². The van der Waals surface area contributed by atoms with E-state index >= 15 is 0 Å². The molecule has 6 nitrogen and oxygen atoms in total. The molecule has 7 heteroatoms. The number of carbonyl (C=O) groups excluding carboxylic acids is 1. The Balaban J connectivity index is 1.95. The molecule has 0 bridgehead atoms. The van der Waals surface area contributed by atoms with Gasteiger partial charge in [0.25, 0.3) is 5.69 Å². The second-order valence-electron chi connectivity index (χ2n) is 4.19. The summed E-state index contributed by atoms with van der Waals surface area (Å²) < 4.78 is 13.3. The average molecular weight is 289 g/mol. The molecule has 0 aromatic heterocycles.